The molecule has 0 spiro atoms. The zero-order chi connectivity index (χ0) is 15.2. The Kier molecular flexibility index (Phi) is 3.09. The molecule has 2 unspecified atom stereocenters. The van der Waals surface area contributed by atoms with E-state index in [9.17, 15) is 0 Å². The molecule has 108 valence electrons. The lowest BCUT2D eigenvalue weighted by Crippen LogP contribution is -2.45. The summed E-state index contributed by atoms with van der Waals surface area (Å²) in [6, 6.07) is 4.87. The molecule has 1 heterocycles. The zero-order valence-electron chi connectivity index (χ0n) is 14.1. The van der Waals surface area contributed by atoms with E-state index in [4.69, 9.17) is 6.11 Å². The number of rotatable bonds is 2. The van der Waals surface area contributed by atoms with Crippen molar-refractivity contribution in [2.45, 2.75) is 64.9 Å². The molecule has 0 aromatic heterocycles. The van der Waals surface area contributed by atoms with Crippen molar-refractivity contribution >= 4 is 0 Å². The van der Waals surface area contributed by atoms with Gasteiger partial charge in [0.1, 0.15) is 11.4 Å². The van der Waals surface area contributed by atoms with E-state index in [0.717, 1.165) is 37.0 Å². The second-order valence-corrected chi connectivity index (χ2v) is 6.93. The first-order valence-corrected chi connectivity index (χ1v) is 7.92. The van der Waals surface area contributed by atoms with Crippen LogP contribution in [-0.2, 0) is 6.42 Å². The number of benzene rings is 1. The van der Waals surface area contributed by atoms with Crippen molar-refractivity contribution in [3.63, 3.8) is 0 Å². The lowest BCUT2D eigenvalue weighted by Gasteiger charge is -2.46. The first kappa shape index (κ1) is 12.5. The molecular weight excluding hydrogens is 244 g/mol. The number of ether oxygens (including phenoxy) is 1. The number of allylic oxidation sites excluding steroid dienone is 2. The largest absolute Gasteiger partial charge is 0.487 e. The maximum atomic E-state index is 8.48. The summed E-state index contributed by atoms with van der Waals surface area (Å²) in [5.74, 6) is 1.78. The van der Waals surface area contributed by atoms with Crippen molar-refractivity contribution in [2.24, 2.45) is 5.92 Å². The normalized spacial score (nSPS) is 27.8. The highest BCUT2D eigenvalue weighted by Crippen LogP contribution is 2.50. The Hall–Kier alpha value is -1.24. The number of fused-ring (bicyclic) bond motifs is 3. The third-order valence-corrected chi connectivity index (χ3v) is 4.88. The average Bonchev–Trinajstić information content (AvgIpc) is 2.37. The summed E-state index contributed by atoms with van der Waals surface area (Å²) in [6.45, 7) is 8.81. The summed E-state index contributed by atoms with van der Waals surface area (Å²) < 4.78 is 14.8. The number of aryl methyl sites for hydroxylation is 1. The van der Waals surface area contributed by atoms with Crippen LogP contribution in [0.15, 0.2) is 29.8 Å². The summed E-state index contributed by atoms with van der Waals surface area (Å²) >= 11 is 0. The van der Waals surface area contributed by atoms with Crippen LogP contribution < -0.4 is 4.74 Å². The molecular formula is C19H26O. The predicted molar refractivity (Wildman–Crippen MR) is 84.4 cm³/mol. The van der Waals surface area contributed by atoms with Crippen LogP contribution in [0.25, 0.3) is 0 Å². The molecule has 3 rings (SSSR count). The second-order valence-electron chi connectivity index (χ2n) is 6.93. The minimum Gasteiger partial charge on any atom is -0.487 e. The van der Waals surface area contributed by atoms with Crippen LogP contribution in [0.1, 0.15) is 65.4 Å². The van der Waals surface area contributed by atoms with Crippen LogP contribution in [0.4, 0.5) is 0 Å². The molecule has 0 fully saturated rings. The van der Waals surface area contributed by atoms with Crippen LogP contribution in [0, 0.1) is 5.92 Å². The van der Waals surface area contributed by atoms with Gasteiger partial charge in [-0.25, -0.2) is 0 Å². The molecule has 2 aliphatic rings. The van der Waals surface area contributed by atoms with E-state index in [-0.39, 0.29) is 5.60 Å². The SMILES string of the molecule is [2H]c1cc(CCC)cc2c1C1C=C(C)CCC1C(C)(C)O2. The van der Waals surface area contributed by atoms with Gasteiger partial charge < -0.3 is 4.74 Å². The molecule has 1 aromatic rings. The molecule has 0 amide bonds. The second kappa shape index (κ2) is 4.95. The molecule has 1 aromatic carbocycles. The lowest BCUT2D eigenvalue weighted by molar-refractivity contribution is 0.0116. The molecule has 0 radical (unpaired) electrons. The highest BCUT2D eigenvalue weighted by Gasteiger charge is 2.43. The van der Waals surface area contributed by atoms with Gasteiger partial charge in [-0.1, -0.05) is 37.1 Å². The van der Waals surface area contributed by atoms with Crippen molar-refractivity contribution in [2.75, 3.05) is 0 Å². The number of hydrogen-bond acceptors (Lipinski definition) is 1. The van der Waals surface area contributed by atoms with E-state index in [2.05, 4.69) is 39.8 Å². The van der Waals surface area contributed by atoms with E-state index < -0.39 is 0 Å². The van der Waals surface area contributed by atoms with Crippen molar-refractivity contribution in [1.82, 2.24) is 0 Å². The molecule has 2 atom stereocenters. The monoisotopic (exact) mass is 271 g/mol. The van der Waals surface area contributed by atoms with E-state index in [1.54, 1.807) is 0 Å². The van der Waals surface area contributed by atoms with Crippen molar-refractivity contribution in [3.8, 4) is 5.75 Å². The van der Waals surface area contributed by atoms with Gasteiger partial charge in [0, 0.05) is 17.4 Å². The first-order chi connectivity index (χ1) is 9.92. The third-order valence-electron chi connectivity index (χ3n) is 4.88. The quantitative estimate of drug-likeness (QED) is 0.667. The Balaban J connectivity index is 2.13. The Bertz CT molecular complexity index is 585. The fourth-order valence-electron chi connectivity index (χ4n) is 3.80. The Labute approximate surface area is 124 Å². The molecule has 0 saturated heterocycles. The van der Waals surface area contributed by atoms with Gasteiger partial charge in [-0.3, -0.25) is 0 Å². The highest BCUT2D eigenvalue weighted by molar-refractivity contribution is 5.46. The van der Waals surface area contributed by atoms with Crippen LogP contribution in [0.5, 0.6) is 5.75 Å². The van der Waals surface area contributed by atoms with Gasteiger partial charge in [0.2, 0.25) is 0 Å². The van der Waals surface area contributed by atoms with Crippen LogP contribution in [0.3, 0.4) is 0 Å². The standard InChI is InChI=1S/C19H26O/c1-5-6-14-8-9-15-16-11-13(2)7-10-17(16)19(3,4)20-18(15)12-14/h8-9,11-12,16-17H,5-7,10H2,1-4H3/i9D. The average molecular weight is 271 g/mol. The Morgan fingerprint density at radius 1 is 1.45 bits per heavy atom. The fourth-order valence-corrected chi connectivity index (χ4v) is 3.80. The predicted octanol–water partition coefficient (Wildman–Crippen LogP) is 5.25. The lowest BCUT2D eigenvalue weighted by atomic mass is 9.68. The maximum absolute atomic E-state index is 8.48. The Morgan fingerprint density at radius 2 is 2.25 bits per heavy atom. The third kappa shape index (κ3) is 2.28. The van der Waals surface area contributed by atoms with Gasteiger partial charge in [-0.2, -0.15) is 0 Å². The summed E-state index contributed by atoms with van der Waals surface area (Å²) in [7, 11) is 0. The molecule has 0 N–H and O–H groups in total. The summed E-state index contributed by atoms with van der Waals surface area (Å²) in [6.07, 6.45) is 6.83. The summed E-state index contributed by atoms with van der Waals surface area (Å²) in [5, 5.41) is 0. The van der Waals surface area contributed by atoms with Crippen LogP contribution in [0.2, 0.25) is 0 Å². The van der Waals surface area contributed by atoms with Gasteiger partial charge in [0.05, 0.1) is 1.37 Å². The Morgan fingerprint density at radius 3 is 3.00 bits per heavy atom. The molecule has 1 aliphatic carbocycles. The van der Waals surface area contributed by atoms with Gasteiger partial charge in [0.15, 0.2) is 0 Å². The van der Waals surface area contributed by atoms with E-state index in [1.807, 2.05) is 6.07 Å². The van der Waals surface area contributed by atoms with Gasteiger partial charge >= 0.3 is 0 Å². The van der Waals surface area contributed by atoms with E-state index in [1.165, 1.54) is 11.1 Å². The van der Waals surface area contributed by atoms with Crippen LogP contribution in [-0.4, -0.2) is 5.60 Å². The van der Waals surface area contributed by atoms with Crippen molar-refractivity contribution in [3.05, 3.63) is 41.0 Å². The first-order valence-electron chi connectivity index (χ1n) is 8.42. The molecule has 20 heavy (non-hydrogen) atoms. The van der Waals surface area contributed by atoms with Gasteiger partial charge in [0.25, 0.3) is 0 Å². The fraction of sp³-hybridized carbons (Fsp3) is 0.579. The molecule has 1 heteroatoms. The smallest absolute Gasteiger partial charge is 0.124 e. The summed E-state index contributed by atoms with van der Waals surface area (Å²) in [4.78, 5) is 0. The number of hydrogen-bond donors (Lipinski definition) is 0. The van der Waals surface area contributed by atoms with E-state index >= 15 is 0 Å². The maximum Gasteiger partial charge on any atom is 0.124 e. The summed E-state index contributed by atoms with van der Waals surface area (Å²) in [5.41, 5.74) is 3.65. The molecule has 0 bridgehead atoms. The van der Waals surface area contributed by atoms with Crippen molar-refractivity contribution in [1.29, 1.82) is 0 Å². The van der Waals surface area contributed by atoms with E-state index in [0.29, 0.717) is 17.9 Å². The molecule has 1 aliphatic heterocycles. The van der Waals surface area contributed by atoms with Crippen molar-refractivity contribution < 1.29 is 6.11 Å². The zero-order valence-corrected chi connectivity index (χ0v) is 13.1. The van der Waals surface area contributed by atoms with Gasteiger partial charge in [-0.15, -0.1) is 0 Å². The molecule has 1 nitrogen and oxygen atoms in total. The topological polar surface area (TPSA) is 9.23 Å². The van der Waals surface area contributed by atoms with Crippen LogP contribution >= 0.6 is 0 Å². The highest BCUT2D eigenvalue weighted by atomic mass is 16.5. The minimum absolute atomic E-state index is 0.147. The minimum atomic E-state index is -0.147. The molecule has 0 saturated carbocycles. The van der Waals surface area contributed by atoms with Gasteiger partial charge in [-0.05, 0) is 51.7 Å².